The van der Waals surface area contributed by atoms with Crippen molar-refractivity contribution in [2.24, 2.45) is 0 Å². The summed E-state index contributed by atoms with van der Waals surface area (Å²) in [5, 5.41) is 4.75. The number of benzene rings is 1. The summed E-state index contributed by atoms with van der Waals surface area (Å²) in [6.45, 7) is 1.78. The van der Waals surface area contributed by atoms with Crippen molar-refractivity contribution < 1.29 is 0 Å². The summed E-state index contributed by atoms with van der Waals surface area (Å²) < 4.78 is 0. The first-order chi connectivity index (χ1) is 7.74. The molecule has 1 aromatic carbocycles. The van der Waals surface area contributed by atoms with Crippen molar-refractivity contribution in [3.05, 3.63) is 33.8 Å². The van der Waals surface area contributed by atoms with E-state index in [0.717, 1.165) is 42.4 Å². The number of nitrogens with one attached hydrogen (secondary N) is 1. The maximum Gasteiger partial charge on any atom is 0.0465 e. The predicted octanol–water partition coefficient (Wildman–Crippen LogP) is 4.49. The highest BCUT2D eigenvalue weighted by Crippen LogP contribution is 2.20. The highest BCUT2D eigenvalue weighted by Gasteiger charge is 2.00. The van der Waals surface area contributed by atoms with Crippen LogP contribution in [-0.2, 0) is 6.54 Å². The van der Waals surface area contributed by atoms with Crippen LogP contribution in [0.2, 0.25) is 10.0 Å². The Labute approximate surface area is 112 Å². The SMILES string of the molecule is ClCCCCCNCc1ccc(Cl)cc1Cl. The van der Waals surface area contributed by atoms with E-state index < -0.39 is 0 Å². The van der Waals surface area contributed by atoms with Crippen molar-refractivity contribution in [2.75, 3.05) is 12.4 Å². The Morgan fingerprint density at radius 3 is 2.56 bits per heavy atom. The van der Waals surface area contributed by atoms with E-state index >= 15 is 0 Å². The molecule has 16 heavy (non-hydrogen) atoms. The molecule has 0 amide bonds. The van der Waals surface area contributed by atoms with Crippen molar-refractivity contribution in [3.8, 4) is 0 Å². The zero-order valence-electron chi connectivity index (χ0n) is 9.11. The molecule has 0 spiro atoms. The van der Waals surface area contributed by atoms with Crippen molar-refractivity contribution in [1.82, 2.24) is 5.32 Å². The second-order valence-corrected chi connectivity index (χ2v) is 4.88. The molecule has 0 aliphatic heterocycles. The molecule has 0 unspecified atom stereocenters. The third-order valence-corrected chi connectivity index (χ3v) is 3.17. The Bertz CT molecular complexity index is 315. The summed E-state index contributed by atoms with van der Waals surface area (Å²) in [5.74, 6) is 0.753. The minimum atomic E-state index is 0.677. The van der Waals surface area contributed by atoms with E-state index in [-0.39, 0.29) is 0 Å². The van der Waals surface area contributed by atoms with Gasteiger partial charge in [-0.05, 0) is 37.1 Å². The molecule has 0 atom stereocenters. The molecule has 0 saturated carbocycles. The number of rotatable bonds is 7. The van der Waals surface area contributed by atoms with E-state index in [4.69, 9.17) is 34.8 Å². The predicted molar refractivity (Wildman–Crippen MR) is 72.7 cm³/mol. The van der Waals surface area contributed by atoms with Gasteiger partial charge in [0.05, 0.1) is 0 Å². The lowest BCUT2D eigenvalue weighted by Gasteiger charge is -2.06. The smallest absolute Gasteiger partial charge is 0.0465 e. The van der Waals surface area contributed by atoms with Crippen LogP contribution in [0.4, 0.5) is 0 Å². The molecule has 0 saturated heterocycles. The van der Waals surface area contributed by atoms with Gasteiger partial charge in [0.1, 0.15) is 0 Å². The molecule has 0 aliphatic rings. The number of hydrogen-bond donors (Lipinski definition) is 1. The van der Waals surface area contributed by atoms with Crippen LogP contribution in [0.25, 0.3) is 0 Å². The molecule has 1 N–H and O–H groups in total. The Kier molecular flexibility index (Phi) is 7.22. The molecular formula is C12H16Cl3N. The van der Waals surface area contributed by atoms with E-state index in [9.17, 15) is 0 Å². The molecule has 4 heteroatoms. The second kappa shape index (κ2) is 8.19. The molecule has 1 rings (SSSR count). The lowest BCUT2D eigenvalue weighted by atomic mass is 10.2. The normalized spacial score (nSPS) is 10.7. The topological polar surface area (TPSA) is 12.0 Å². The van der Waals surface area contributed by atoms with E-state index in [1.807, 2.05) is 12.1 Å². The average Bonchev–Trinajstić information content (AvgIpc) is 2.26. The second-order valence-electron chi connectivity index (χ2n) is 3.66. The van der Waals surface area contributed by atoms with Crippen LogP contribution in [0.15, 0.2) is 18.2 Å². The van der Waals surface area contributed by atoms with Crippen molar-refractivity contribution in [3.63, 3.8) is 0 Å². The van der Waals surface area contributed by atoms with Gasteiger partial charge >= 0.3 is 0 Å². The Morgan fingerprint density at radius 1 is 1.06 bits per heavy atom. The van der Waals surface area contributed by atoms with E-state index in [0.29, 0.717) is 5.02 Å². The van der Waals surface area contributed by atoms with Crippen LogP contribution in [0.3, 0.4) is 0 Å². The molecule has 1 aromatic rings. The minimum absolute atomic E-state index is 0.677. The highest BCUT2D eigenvalue weighted by atomic mass is 35.5. The van der Waals surface area contributed by atoms with Crippen molar-refractivity contribution >= 4 is 34.8 Å². The van der Waals surface area contributed by atoms with Crippen LogP contribution in [0.1, 0.15) is 24.8 Å². The van der Waals surface area contributed by atoms with E-state index in [1.54, 1.807) is 6.07 Å². The van der Waals surface area contributed by atoms with Gasteiger partial charge in [-0.2, -0.15) is 0 Å². The summed E-state index contributed by atoms with van der Waals surface area (Å²) in [6, 6.07) is 5.59. The molecule has 0 fully saturated rings. The molecule has 0 bridgehead atoms. The van der Waals surface area contributed by atoms with E-state index in [2.05, 4.69) is 5.32 Å². The van der Waals surface area contributed by atoms with Gasteiger partial charge in [-0.1, -0.05) is 35.7 Å². The number of halogens is 3. The lowest BCUT2D eigenvalue weighted by molar-refractivity contribution is 0.618. The van der Waals surface area contributed by atoms with E-state index in [1.165, 1.54) is 6.42 Å². The lowest BCUT2D eigenvalue weighted by Crippen LogP contribution is -2.14. The molecule has 1 nitrogen and oxygen atoms in total. The van der Waals surface area contributed by atoms with Crippen LogP contribution >= 0.6 is 34.8 Å². The first-order valence-corrected chi connectivity index (χ1v) is 6.73. The van der Waals surface area contributed by atoms with Gasteiger partial charge in [-0.25, -0.2) is 0 Å². The van der Waals surface area contributed by atoms with Crippen molar-refractivity contribution in [1.29, 1.82) is 0 Å². The fraction of sp³-hybridized carbons (Fsp3) is 0.500. The van der Waals surface area contributed by atoms with Crippen LogP contribution in [0.5, 0.6) is 0 Å². The first-order valence-electron chi connectivity index (χ1n) is 5.44. The largest absolute Gasteiger partial charge is 0.313 e. The maximum absolute atomic E-state index is 6.05. The van der Waals surface area contributed by atoms with Gasteiger partial charge in [0, 0.05) is 22.5 Å². The molecule has 0 radical (unpaired) electrons. The fourth-order valence-electron chi connectivity index (χ4n) is 1.41. The Balaban J connectivity index is 2.21. The zero-order valence-corrected chi connectivity index (χ0v) is 11.4. The standard InChI is InChI=1S/C12H16Cl3N/c13-6-2-1-3-7-16-9-10-4-5-11(14)8-12(10)15/h4-5,8,16H,1-3,6-7,9H2. The van der Waals surface area contributed by atoms with Gasteiger partial charge in [0.25, 0.3) is 0 Å². The van der Waals surface area contributed by atoms with Gasteiger partial charge in [-0.3, -0.25) is 0 Å². The Morgan fingerprint density at radius 2 is 1.88 bits per heavy atom. The molecule has 90 valence electrons. The monoisotopic (exact) mass is 279 g/mol. The molecular weight excluding hydrogens is 264 g/mol. The number of hydrogen-bond acceptors (Lipinski definition) is 1. The molecule has 0 aromatic heterocycles. The summed E-state index contributed by atoms with van der Waals surface area (Å²) in [7, 11) is 0. The maximum atomic E-state index is 6.05. The zero-order chi connectivity index (χ0) is 11.8. The third kappa shape index (κ3) is 5.40. The molecule has 0 heterocycles. The third-order valence-electron chi connectivity index (χ3n) is 2.32. The summed E-state index contributed by atoms with van der Waals surface area (Å²) in [6.07, 6.45) is 3.41. The van der Waals surface area contributed by atoms with Gasteiger partial charge in [-0.15, -0.1) is 11.6 Å². The fourth-order valence-corrected chi connectivity index (χ4v) is 2.07. The Hall–Kier alpha value is 0.0500. The highest BCUT2D eigenvalue weighted by molar-refractivity contribution is 6.35. The molecule has 0 aliphatic carbocycles. The average molecular weight is 281 g/mol. The number of alkyl halides is 1. The van der Waals surface area contributed by atoms with Gasteiger partial charge < -0.3 is 5.32 Å². The number of unbranched alkanes of at least 4 members (excludes halogenated alkanes) is 2. The van der Waals surface area contributed by atoms with Crippen molar-refractivity contribution in [2.45, 2.75) is 25.8 Å². The van der Waals surface area contributed by atoms with Gasteiger partial charge in [0.15, 0.2) is 0 Å². The van der Waals surface area contributed by atoms with Crippen LogP contribution < -0.4 is 5.32 Å². The minimum Gasteiger partial charge on any atom is -0.313 e. The first kappa shape index (κ1) is 14.1. The van der Waals surface area contributed by atoms with Gasteiger partial charge in [0.2, 0.25) is 0 Å². The van der Waals surface area contributed by atoms with Crippen LogP contribution in [-0.4, -0.2) is 12.4 Å². The summed E-state index contributed by atoms with van der Waals surface area (Å²) in [5.41, 5.74) is 1.09. The van der Waals surface area contributed by atoms with Crippen LogP contribution in [0, 0.1) is 0 Å². The summed E-state index contributed by atoms with van der Waals surface area (Å²) in [4.78, 5) is 0. The summed E-state index contributed by atoms with van der Waals surface area (Å²) >= 11 is 17.5. The quantitative estimate of drug-likeness (QED) is 0.573.